The molecular weight excluding hydrogens is 202 g/mol. The number of nitrogens with one attached hydrogen (secondary N) is 1. The molecule has 3 heteroatoms. The second-order valence-electron chi connectivity index (χ2n) is 4.05. The molecule has 0 bridgehead atoms. The van der Waals surface area contributed by atoms with Crippen molar-refractivity contribution in [3.05, 3.63) is 29.8 Å². The number of ether oxygens (including phenoxy) is 1. The fraction of sp³-hybridized carbons (Fsp3) is 0.462. The van der Waals surface area contributed by atoms with Crippen molar-refractivity contribution in [2.75, 3.05) is 11.9 Å². The minimum absolute atomic E-state index is 0.0970. The SMILES string of the molecule is CCOC(=O)CCC1Cc2ccccc2N1. The van der Waals surface area contributed by atoms with Gasteiger partial charge in [0, 0.05) is 18.2 Å². The molecule has 1 atom stereocenters. The van der Waals surface area contributed by atoms with Gasteiger partial charge >= 0.3 is 5.97 Å². The Morgan fingerprint density at radius 3 is 3.06 bits per heavy atom. The summed E-state index contributed by atoms with van der Waals surface area (Å²) in [5.41, 5.74) is 2.55. The Hall–Kier alpha value is -1.51. The first-order valence-corrected chi connectivity index (χ1v) is 5.79. The van der Waals surface area contributed by atoms with Crippen molar-refractivity contribution in [3.8, 4) is 0 Å². The molecule has 16 heavy (non-hydrogen) atoms. The van der Waals surface area contributed by atoms with E-state index in [1.54, 1.807) is 0 Å². The Balaban J connectivity index is 1.81. The van der Waals surface area contributed by atoms with E-state index in [2.05, 4.69) is 17.4 Å². The van der Waals surface area contributed by atoms with E-state index in [0.717, 1.165) is 12.8 Å². The standard InChI is InChI=1S/C13H17NO2/c1-2-16-13(15)8-7-11-9-10-5-3-4-6-12(10)14-11/h3-6,11,14H,2,7-9H2,1H3. The molecule has 0 aromatic heterocycles. The summed E-state index contributed by atoms with van der Waals surface area (Å²) in [6, 6.07) is 8.67. The van der Waals surface area contributed by atoms with Crippen molar-refractivity contribution in [1.82, 2.24) is 0 Å². The Labute approximate surface area is 95.8 Å². The number of para-hydroxylation sites is 1. The van der Waals surface area contributed by atoms with E-state index in [1.807, 2.05) is 19.1 Å². The number of carbonyl (C=O) groups excluding carboxylic acids is 1. The number of hydrogen-bond acceptors (Lipinski definition) is 3. The molecule has 0 saturated carbocycles. The van der Waals surface area contributed by atoms with Crippen LogP contribution in [0.5, 0.6) is 0 Å². The molecule has 0 spiro atoms. The van der Waals surface area contributed by atoms with E-state index < -0.39 is 0 Å². The maximum absolute atomic E-state index is 11.2. The Morgan fingerprint density at radius 2 is 2.31 bits per heavy atom. The van der Waals surface area contributed by atoms with Crippen LogP contribution in [0, 0.1) is 0 Å². The van der Waals surface area contributed by atoms with E-state index >= 15 is 0 Å². The molecule has 0 aliphatic carbocycles. The van der Waals surface area contributed by atoms with Gasteiger partial charge in [0.15, 0.2) is 0 Å². The van der Waals surface area contributed by atoms with Crippen LogP contribution in [0.15, 0.2) is 24.3 Å². The summed E-state index contributed by atoms with van der Waals surface area (Å²) in [5.74, 6) is -0.0970. The fourth-order valence-corrected chi connectivity index (χ4v) is 2.07. The molecule has 1 aromatic carbocycles. The molecule has 1 aromatic rings. The molecule has 1 aliphatic rings. The number of carbonyl (C=O) groups is 1. The summed E-state index contributed by atoms with van der Waals surface area (Å²) < 4.78 is 4.91. The largest absolute Gasteiger partial charge is 0.466 e. The molecule has 86 valence electrons. The molecular formula is C13H17NO2. The van der Waals surface area contributed by atoms with Crippen LogP contribution in [0.1, 0.15) is 25.3 Å². The molecule has 2 rings (SSSR count). The zero-order valence-corrected chi connectivity index (χ0v) is 9.53. The highest BCUT2D eigenvalue weighted by molar-refractivity contribution is 5.69. The van der Waals surface area contributed by atoms with Crippen LogP contribution in [0.25, 0.3) is 0 Å². The van der Waals surface area contributed by atoms with Crippen LogP contribution in [-0.2, 0) is 16.0 Å². The number of hydrogen-bond donors (Lipinski definition) is 1. The van der Waals surface area contributed by atoms with Gasteiger partial charge in [0.2, 0.25) is 0 Å². The summed E-state index contributed by atoms with van der Waals surface area (Å²) in [4.78, 5) is 11.2. The van der Waals surface area contributed by atoms with E-state index in [4.69, 9.17) is 4.74 Å². The van der Waals surface area contributed by atoms with Crippen molar-refractivity contribution in [2.45, 2.75) is 32.2 Å². The zero-order chi connectivity index (χ0) is 11.4. The van der Waals surface area contributed by atoms with Crippen LogP contribution in [0.3, 0.4) is 0 Å². The second-order valence-corrected chi connectivity index (χ2v) is 4.05. The number of fused-ring (bicyclic) bond motifs is 1. The third kappa shape index (κ3) is 2.54. The van der Waals surface area contributed by atoms with Gasteiger partial charge in [-0.05, 0) is 31.4 Å². The topological polar surface area (TPSA) is 38.3 Å². The summed E-state index contributed by atoms with van der Waals surface area (Å²) in [5, 5.41) is 3.42. The van der Waals surface area contributed by atoms with Gasteiger partial charge in [-0.15, -0.1) is 0 Å². The Kier molecular flexibility index (Phi) is 3.44. The fourth-order valence-electron chi connectivity index (χ4n) is 2.07. The number of esters is 1. The number of rotatable bonds is 4. The van der Waals surface area contributed by atoms with Gasteiger partial charge in [0.25, 0.3) is 0 Å². The summed E-state index contributed by atoms with van der Waals surface area (Å²) >= 11 is 0. The van der Waals surface area contributed by atoms with Crippen molar-refractivity contribution in [1.29, 1.82) is 0 Å². The molecule has 0 fully saturated rings. The van der Waals surface area contributed by atoms with Crippen molar-refractivity contribution in [2.24, 2.45) is 0 Å². The van der Waals surface area contributed by atoms with E-state index in [9.17, 15) is 4.79 Å². The van der Waals surface area contributed by atoms with Crippen LogP contribution in [-0.4, -0.2) is 18.6 Å². The first kappa shape index (κ1) is 11.0. The van der Waals surface area contributed by atoms with E-state index in [0.29, 0.717) is 19.1 Å². The van der Waals surface area contributed by atoms with Crippen LogP contribution >= 0.6 is 0 Å². The molecule has 0 saturated heterocycles. The van der Waals surface area contributed by atoms with Crippen LogP contribution in [0.2, 0.25) is 0 Å². The van der Waals surface area contributed by atoms with Gasteiger partial charge in [-0.1, -0.05) is 18.2 Å². The average molecular weight is 219 g/mol. The van der Waals surface area contributed by atoms with Crippen LogP contribution in [0.4, 0.5) is 5.69 Å². The highest BCUT2D eigenvalue weighted by Crippen LogP contribution is 2.26. The Morgan fingerprint density at radius 1 is 1.50 bits per heavy atom. The van der Waals surface area contributed by atoms with Gasteiger partial charge in [-0.3, -0.25) is 4.79 Å². The van der Waals surface area contributed by atoms with E-state index in [-0.39, 0.29) is 5.97 Å². The quantitative estimate of drug-likeness (QED) is 0.790. The molecule has 3 nitrogen and oxygen atoms in total. The highest BCUT2D eigenvalue weighted by atomic mass is 16.5. The average Bonchev–Trinajstić information content (AvgIpc) is 2.69. The maximum Gasteiger partial charge on any atom is 0.305 e. The summed E-state index contributed by atoms with van der Waals surface area (Å²) in [6.45, 7) is 2.30. The predicted octanol–water partition coefficient (Wildman–Crippen LogP) is 2.37. The van der Waals surface area contributed by atoms with Gasteiger partial charge < -0.3 is 10.1 Å². The van der Waals surface area contributed by atoms with Crippen molar-refractivity contribution in [3.63, 3.8) is 0 Å². The first-order chi connectivity index (χ1) is 7.79. The lowest BCUT2D eigenvalue weighted by molar-refractivity contribution is -0.143. The van der Waals surface area contributed by atoms with Crippen molar-refractivity contribution >= 4 is 11.7 Å². The molecule has 1 heterocycles. The summed E-state index contributed by atoms with van der Waals surface area (Å²) in [7, 11) is 0. The smallest absolute Gasteiger partial charge is 0.305 e. The Bertz CT molecular complexity index is 351. The molecule has 0 amide bonds. The molecule has 1 aliphatic heterocycles. The predicted molar refractivity (Wildman–Crippen MR) is 63.4 cm³/mol. The number of benzene rings is 1. The molecule has 0 radical (unpaired) electrons. The van der Waals surface area contributed by atoms with Crippen LogP contribution < -0.4 is 5.32 Å². The molecule has 1 unspecified atom stereocenters. The van der Waals surface area contributed by atoms with E-state index in [1.165, 1.54) is 11.3 Å². The third-order valence-electron chi connectivity index (χ3n) is 2.85. The monoisotopic (exact) mass is 219 g/mol. The van der Waals surface area contributed by atoms with Gasteiger partial charge in [0.1, 0.15) is 0 Å². The number of anilines is 1. The van der Waals surface area contributed by atoms with Gasteiger partial charge in [0.05, 0.1) is 6.61 Å². The maximum atomic E-state index is 11.2. The highest BCUT2D eigenvalue weighted by Gasteiger charge is 2.20. The van der Waals surface area contributed by atoms with Crippen molar-refractivity contribution < 1.29 is 9.53 Å². The minimum Gasteiger partial charge on any atom is -0.466 e. The molecule has 1 N–H and O–H groups in total. The zero-order valence-electron chi connectivity index (χ0n) is 9.53. The lowest BCUT2D eigenvalue weighted by Crippen LogP contribution is -2.17. The minimum atomic E-state index is -0.0970. The normalized spacial score (nSPS) is 17.7. The van der Waals surface area contributed by atoms with Gasteiger partial charge in [-0.2, -0.15) is 0 Å². The first-order valence-electron chi connectivity index (χ1n) is 5.79. The lowest BCUT2D eigenvalue weighted by Gasteiger charge is -2.10. The third-order valence-corrected chi connectivity index (χ3v) is 2.85. The second kappa shape index (κ2) is 5.01. The summed E-state index contributed by atoms with van der Waals surface area (Å²) in [6.07, 6.45) is 2.35. The lowest BCUT2D eigenvalue weighted by atomic mass is 10.1. The van der Waals surface area contributed by atoms with Gasteiger partial charge in [-0.25, -0.2) is 0 Å².